The van der Waals surface area contributed by atoms with Gasteiger partial charge in [0.15, 0.2) is 0 Å². The second-order valence-corrected chi connectivity index (χ2v) is 6.90. The molecule has 1 aromatic rings. The highest BCUT2D eigenvalue weighted by atomic mass is 35.5. The molecule has 4 heteroatoms. The van der Waals surface area contributed by atoms with Crippen molar-refractivity contribution in [3.63, 3.8) is 0 Å². The van der Waals surface area contributed by atoms with Crippen LogP contribution in [0.5, 0.6) is 0 Å². The number of benzene rings is 1. The van der Waals surface area contributed by atoms with Crippen LogP contribution in [0.1, 0.15) is 43.7 Å². The summed E-state index contributed by atoms with van der Waals surface area (Å²) in [6.07, 6.45) is 6.72. The molecule has 0 amide bonds. The normalized spacial score (nSPS) is 28.4. The Bertz CT molecular complexity index is 478. The number of nitrogens with two attached hydrogens (primary N) is 1. The van der Waals surface area contributed by atoms with Crippen LogP contribution in [0.15, 0.2) is 18.2 Å². The van der Waals surface area contributed by atoms with E-state index in [1.165, 1.54) is 32.1 Å². The Morgan fingerprint density at radius 2 is 2.00 bits per heavy atom. The van der Waals surface area contributed by atoms with Gasteiger partial charge < -0.3 is 5.73 Å². The number of hydrogen-bond acceptors (Lipinski definition) is 2. The topological polar surface area (TPSA) is 29.3 Å². The number of rotatable bonds is 3. The molecule has 3 atom stereocenters. The molecule has 1 saturated heterocycles. The summed E-state index contributed by atoms with van der Waals surface area (Å²) >= 11 is 12.5. The zero-order valence-electron chi connectivity index (χ0n) is 11.7. The van der Waals surface area contributed by atoms with Gasteiger partial charge in [0.25, 0.3) is 0 Å². The molecule has 2 nitrogen and oxygen atoms in total. The monoisotopic (exact) mass is 312 g/mol. The zero-order chi connectivity index (χ0) is 14.1. The van der Waals surface area contributed by atoms with Crippen molar-refractivity contribution in [3.05, 3.63) is 33.8 Å². The number of halogens is 2. The lowest BCUT2D eigenvalue weighted by atomic mass is 9.84. The molecule has 3 unspecified atom stereocenters. The average Bonchev–Trinajstić information content (AvgIpc) is 2.88. The van der Waals surface area contributed by atoms with Gasteiger partial charge in [0.1, 0.15) is 0 Å². The molecular weight excluding hydrogens is 291 g/mol. The minimum absolute atomic E-state index is 0.203. The second-order valence-electron chi connectivity index (χ2n) is 6.06. The van der Waals surface area contributed by atoms with Gasteiger partial charge in [-0.05, 0) is 55.5 Å². The minimum atomic E-state index is 0.203. The maximum Gasteiger partial charge on any atom is 0.0488 e. The first-order valence-electron chi connectivity index (χ1n) is 7.61. The SMILES string of the molecule is NCC(c1cc(Cl)ccc1Cl)N1CCC2CCCCC21. The Morgan fingerprint density at radius 1 is 1.20 bits per heavy atom. The van der Waals surface area contributed by atoms with Crippen molar-refractivity contribution < 1.29 is 0 Å². The minimum Gasteiger partial charge on any atom is -0.329 e. The maximum atomic E-state index is 6.38. The lowest BCUT2D eigenvalue weighted by molar-refractivity contribution is 0.135. The third-order valence-corrected chi connectivity index (χ3v) is 5.57. The summed E-state index contributed by atoms with van der Waals surface area (Å²) in [5, 5.41) is 1.52. The molecule has 1 aromatic carbocycles. The van der Waals surface area contributed by atoms with E-state index >= 15 is 0 Å². The van der Waals surface area contributed by atoms with E-state index in [9.17, 15) is 0 Å². The molecule has 1 aliphatic heterocycles. The van der Waals surface area contributed by atoms with Gasteiger partial charge >= 0.3 is 0 Å². The summed E-state index contributed by atoms with van der Waals surface area (Å²) in [5.41, 5.74) is 7.17. The Kier molecular flexibility index (Phi) is 4.56. The van der Waals surface area contributed by atoms with Crippen LogP contribution in [0.4, 0.5) is 0 Å². The molecule has 110 valence electrons. The van der Waals surface area contributed by atoms with Gasteiger partial charge in [-0.3, -0.25) is 4.90 Å². The van der Waals surface area contributed by atoms with Crippen LogP contribution in [0.2, 0.25) is 10.0 Å². The molecule has 1 heterocycles. The standard InChI is InChI=1S/C16H22Cl2N2/c17-12-5-6-14(18)13(9-12)16(10-19)20-8-7-11-3-1-2-4-15(11)20/h5-6,9,11,15-16H,1-4,7-8,10,19H2. The molecule has 0 radical (unpaired) electrons. The summed E-state index contributed by atoms with van der Waals surface area (Å²) in [4.78, 5) is 2.58. The highest BCUT2D eigenvalue weighted by Crippen LogP contribution is 2.41. The van der Waals surface area contributed by atoms with E-state index in [4.69, 9.17) is 28.9 Å². The summed E-state index contributed by atoms with van der Waals surface area (Å²) in [5.74, 6) is 0.857. The molecule has 2 aliphatic rings. The molecule has 0 spiro atoms. The fourth-order valence-electron chi connectivity index (χ4n) is 4.04. The highest BCUT2D eigenvalue weighted by molar-refractivity contribution is 6.33. The fourth-order valence-corrected chi connectivity index (χ4v) is 4.46. The van der Waals surface area contributed by atoms with Crippen molar-refractivity contribution in [3.8, 4) is 0 Å². The van der Waals surface area contributed by atoms with Crippen molar-refractivity contribution in [1.29, 1.82) is 0 Å². The first kappa shape index (κ1) is 14.6. The molecule has 2 fully saturated rings. The Morgan fingerprint density at radius 3 is 2.80 bits per heavy atom. The van der Waals surface area contributed by atoms with Crippen molar-refractivity contribution in [2.45, 2.75) is 44.2 Å². The predicted molar refractivity (Wildman–Crippen MR) is 85.3 cm³/mol. The number of likely N-dealkylation sites (tertiary alicyclic amines) is 1. The van der Waals surface area contributed by atoms with Gasteiger partial charge in [0.2, 0.25) is 0 Å². The van der Waals surface area contributed by atoms with Crippen LogP contribution in [-0.4, -0.2) is 24.0 Å². The summed E-state index contributed by atoms with van der Waals surface area (Å²) in [7, 11) is 0. The number of nitrogens with zero attached hydrogens (tertiary/aromatic N) is 1. The molecule has 3 rings (SSSR count). The zero-order valence-corrected chi connectivity index (χ0v) is 13.2. The van der Waals surface area contributed by atoms with E-state index in [2.05, 4.69) is 4.90 Å². The first-order chi connectivity index (χ1) is 9.70. The van der Waals surface area contributed by atoms with E-state index in [1.807, 2.05) is 18.2 Å². The van der Waals surface area contributed by atoms with Crippen LogP contribution in [0, 0.1) is 5.92 Å². The van der Waals surface area contributed by atoms with Crippen molar-refractivity contribution in [2.75, 3.05) is 13.1 Å². The van der Waals surface area contributed by atoms with E-state index in [1.54, 1.807) is 0 Å². The highest BCUT2D eigenvalue weighted by Gasteiger charge is 2.39. The van der Waals surface area contributed by atoms with Crippen LogP contribution in [0.3, 0.4) is 0 Å². The summed E-state index contributed by atoms with van der Waals surface area (Å²) < 4.78 is 0. The Labute approximate surface area is 131 Å². The molecule has 2 N–H and O–H groups in total. The van der Waals surface area contributed by atoms with Crippen LogP contribution in [0.25, 0.3) is 0 Å². The molecule has 1 saturated carbocycles. The third kappa shape index (κ3) is 2.71. The summed E-state index contributed by atoms with van der Waals surface area (Å²) in [6, 6.07) is 6.60. The fraction of sp³-hybridized carbons (Fsp3) is 0.625. The molecule has 0 bridgehead atoms. The summed E-state index contributed by atoms with van der Waals surface area (Å²) in [6.45, 7) is 1.74. The molecule has 0 aromatic heterocycles. The third-order valence-electron chi connectivity index (χ3n) is 4.99. The van der Waals surface area contributed by atoms with Crippen molar-refractivity contribution >= 4 is 23.2 Å². The van der Waals surface area contributed by atoms with E-state index in [-0.39, 0.29) is 6.04 Å². The lowest BCUT2D eigenvalue weighted by Crippen LogP contribution is -2.40. The second kappa shape index (κ2) is 6.23. The number of hydrogen-bond donors (Lipinski definition) is 1. The van der Waals surface area contributed by atoms with E-state index in [0.717, 1.165) is 28.1 Å². The predicted octanol–water partition coefficient (Wildman–Crippen LogP) is 4.26. The Balaban J connectivity index is 1.88. The van der Waals surface area contributed by atoms with Gasteiger partial charge in [0, 0.05) is 28.7 Å². The first-order valence-corrected chi connectivity index (χ1v) is 8.37. The van der Waals surface area contributed by atoms with Crippen LogP contribution >= 0.6 is 23.2 Å². The molecular formula is C16H22Cl2N2. The van der Waals surface area contributed by atoms with Gasteiger partial charge in [-0.15, -0.1) is 0 Å². The lowest BCUT2D eigenvalue weighted by Gasteiger charge is -2.37. The quantitative estimate of drug-likeness (QED) is 0.903. The maximum absolute atomic E-state index is 6.38. The van der Waals surface area contributed by atoms with Gasteiger partial charge in [-0.2, -0.15) is 0 Å². The van der Waals surface area contributed by atoms with Gasteiger partial charge in [-0.1, -0.05) is 36.0 Å². The van der Waals surface area contributed by atoms with Gasteiger partial charge in [-0.25, -0.2) is 0 Å². The largest absolute Gasteiger partial charge is 0.329 e. The smallest absolute Gasteiger partial charge is 0.0488 e. The van der Waals surface area contributed by atoms with Gasteiger partial charge in [0.05, 0.1) is 0 Å². The van der Waals surface area contributed by atoms with Crippen molar-refractivity contribution in [1.82, 2.24) is 4.90 Å². The molecule has 20 heavy (non-hydrogen) atoms. The van der Waals surface area contributed by atoms with Crippen LogP contribution in [-0.2, 0) is 0 Å². The Hall–Kier alpha value is -0.280. The van der Waals surface area contributed by atoms with Crippen LogP contribution < -0.4 is 5.73 Å². The molecule has 1 aliphatic carbocycles. The van der Waals surface area contributed by atoms with E-state index in [0.29, 0.717) is 12.6 Å². The van der Waals surface area contributed by atoms with Crippen molar-refractivity contribution in [2.24, 2.45) is 11.7 Å². The van der Waals surface area contributed by atoms with E-state index < -0.39 is 0 Å². The number of fused-ring (bicyclic) bond motifs is 1. The average molecular weight is 313 g/mol.